The highest BCUT2D eigenvalue weighted by molar-refractivity contribution is 5.74. The quantitative estimate of drug-likeness (QED) is 0.815. The molecule has 2 aromatic rings. The van der Waals surface area contributed by atoms with E-state index in [0.29, 0.717) is 5.95 Å². The van der Waals surface area contributed by atoms with Gasteiger partial charge in [0.25, 0.3) is 0 Å². The molecule has 4 heteroatoms. The lowest BCUT2D eigenvalue weighted by Gasteiger charge is -2.26. The molecule has 80 valence electrons. The maximum Gasteiger partial charge on any atom is 0.202 e. The van der Waals surface area contributed by atoms with E-state index in [1.165, 1.54) is 0 Å². The highest BCUT2D eigenvalue weighted by Gasteiger charge is 2.23. The van der Waals surface area contributed by atoms with Crippen molar-refractivity contribution in [1.82, 2.24) is 14.5 Å². The minimum atomic E-state index is -0.0484. The van der Waals surface area contributed by atoms with Gasteiger partial charge in [-0.15, -0.1) is 0 Å². The van der Waals surface area contributed by atoms with Crippen LogP contribution in [0.2, 0.25) is 0 Å². The van der Waals surface area contributed by atoms with Gasteiger partial charge in [0.1, 0.15) is 5.52 Å². The molecule has 4 nitrogen and oxygen atoms in total. The summed E-state index contributed by atoms with van der Waals surface area (Å²) >= 11 is 0. The molecule has 2 N–H and O–H groups in total. The second kappa shape index (κ2) is 3.22. The van der Waals surface area contributed by atoms with Gasteiger partial charge in [-0.25, -0.2) is 9.97 Å². The Morgan fingerprint density at radius 3 is 2.87 bits per heavy atom. The fourth-order valence-corrected chi connectivity index (χ4v) is 1.68. The lowest BCUT2D eigenvalue weighted by molar-refractivity contribution is 0.355. The van der Waals surface area contributed by atoms with Crippen LogP contribution in [0.15, 0.2) is 18.3 Å². The summed E-state index contributed by atoms with van der Waals surface area (Å²) in [5.41, 5.74) is 7.60. The Balaban J connectivity index is 2.74. The molecule has 0 aromatic carbocycles. The van der Waals surface area contributed by atoms with E-state index in [-0.39, 0.29) is 5.54 Å². The van der Waals surface area contributed by atoms with E-state index in [4.69, 9.17) is 5.73 Å². The summed E-state index contributed by atoms with van der Waals surface area (Å²) in [5, 5.41) is 0. The average molecular weight is 204 g/mol. The molecule has 0 fully saturated rings. The van der Waals surface area contributed by atoms with E-state index in [0.717, 1.165) is 17.6 Å². The Bertz CT molecular complexity index is 484. The number of imidazole rings is 1. The van der Waals surface area contributed by atoms with Gasteiger partial charge in [0.05, 0.1) is 0 Å². The van der Waals surface area contributed by atoms with E-state index < -0.39 is 0 Å². The van der Waals surface area contributed by atoms with Crippen LogP contribution >= 0.6 is 0 Å². The van der Waals surface area contributed by atoms with Gasteiger partial charge >= 0.3 is 0 Å². The number of rotatable bonds is 2. The van der Waals surface area contributed by atoms with E-state index in [2.05, 4.69) is 30.7 Å². The highest BCUT2D eigenvalue weighted by Crippen LogP contribution is 2.27. The number of nitrogens with zero attached hydrogens (tertiary/aromatic N) is 3. The Morgan fingerprint density at radius 2 is 2.20 bits per heavy atom. The third-order valence-corrected chi connectivity index (χ3v) is 2.91. The fraction of sp³-hybridized carbons (Fsp3) is 0.455. The van der Waals surface area contributed by atoms with Gasteiger partial charge in [0, 0.05) is 11.7 Å². The molecule has 0 aliphatic carbocycles. The van der Waals surface area contributed by atoms with E-state index in [1.54, 1.807) is 6.20 Å². The van der Waals surface area contributed by atoms with Crippen molar-refractivity contribution in [1.29, 1.82) is 0 Å². The summed E-state index contributed by atoms with van der Waals surface area (Å²) in [7, 11) is 0. The van der Waals surface area contributed by atoms with Gasteiger partial charge in [-0.05, 0) is 32.4 Å². The van der Waals surface area contributed by atoms with Crippen molar-refractivity contribution in [2.45, 2.75) is 32.7 Å². The third-order valence-electron chi connectivity index (χ3n) is 2.91. The van der Waals surface area contributed by atoms with E-state index in [9.17, 15) is 0 Å². The zero-order chi connectivity index (χ0) is 11.1. The number of aromatic nitrogens is 3. The maximum atomic E-state index is 5.93. The second-order valence-corrected chi connectivity index (χ2v) is 4.32. The first-order valence-electron chi connectivity index (χ1n) is 5.15. The van der Waals surface area contributed by atoms with Crippen molar-refractivity contribution in [2.75, 3.05) is 5.73 Å². The van der Waals surface area contributed by atoms with Crippen molar-refractivity contribution < 1.29 is 0 Å². The van der Waals surface area contributed by atoms with Crippen molar-refractivity contribution in [3.05, 3.63) is 18.3 Å². The molecule has 15 heavy (non-hydrogen) atoms. The molecule has 0 amide bonds. The maximum absolute atomic E-state index is 5.93. The largest absolute Gasteiger partial charge is 0.369 e. The molecular weight excluding hydrogens is 188 g/mol. The van der Waals surface area contributed by atoms with Crippen molar-refractivity contribution >= 4 is 17.1 Å². The molecule has 0 atom stereocenters. The van der Waals surface area contributed by atoms with Crippen LogP contribution in [0.5, 0.6) is 0 Å². The molecule has 2 rings (SSSR count). The van der Waals surface area contributed by atoms with E-state index in [1.807, 2.05) is 16.7 Å². The Kier molecular flexibility index (Phi) is 2.14. The van der Waals surface area contributed by atoms with Crippen LogP contribution in [0, 0.1) is 0 Å². The molecule has 0 aliphatic heterocycles. The summed E-state index contributed by atoms with van der Waals surface area (Å²) in [4.78, 5) is 8.64. The van der Waals surface area contributed by atoms with Gasteiger partial charge in [-0.2, -0.15) is 0 Å². The average Bonchev–Trinajstić information content (AvgIpc) is 2.54. The molecule has 0 radical (unpaired) electrons. The van der Waals surface area contributed by atoms with Gasteiger partial charge in [-0.3, -0.25) is 4.57 Å². The number of anilines is 1. The number of nitrogen functional groups attached to an aromatic ring is 1. The normalized spacial score (nSPS) is 12.2. The molecule has 0 unspecified atom stereocenters. The molecule has 0 saturated carbocycles. The Hall–Kier alpha value is -1.58. The number of hydrogen-bond donors (Lipinski definition) is 1. The lowest BCUT2D eigenvalue weighted by Crippen LogP contribution is -2.26. The smallest absolute Gasteiger partial charge is 0.202 e. The summed E-state index contributed by atoms with van der Waals surface area (Å²) in [6.07, 6.45) is 2.75. The predicted molar refractivity (Wildman–Crippen MR) is 61.6 cm³/mol. The highest BCUT2D eigenvalue weighted by atomic mass is 15.2. The van der Waals surface area contributed by atoms with Crippen LogP contribution in [-0.4, -0.2) is 14.5 Å². The first kappa shape index (κ1) is 9.96. The zero-order valence-electron chi connectivity index (χ0n) is 9.36. The van der Waals surface area contributed by atoms with Crippen LogP contribution in [0.4, 0.5) is 5.95 Å². The standard InChI is InChI=1S/C11H16N4/c1-4-11(2,3)15-9-8(14-10(15)12)6-5-7-13-9/h5-7H,4H2,1-3H3,(H2,12,14). The second-order valence-electron chi connectivity index (χ2n) is 4.32. The minimum Gasteiger partial charge on any atom is -0.369 e. The number of nitrogens with two attached hydrogens (primary N) is 1. The zero-order valence-corrected chi connectivity index (χ0v) is 9.36. The van der Waals surface area contributed by atoms with Crippen LogP contribution < -0.4 is 5.73 Å². The summed E-state index contributed by atoms with van der Waals surface area (Å²) in [6, 6.07) is 3.80. The summed E-state index contributed by atoms with van der Waals surface area (Å²) in [6.45, 7) is 6.41. The molecule has 0 aliphatic rings. The van der Waals surface area contributed by atoms with Gasteiger partial charge in [0.2, 0.25) is 5.95 Å². The Morgan fingerprint density at radius 1 is 1.47 bits per heavy atom. The topological polar surface area (TPSA) is 56.7 Å². The van der Waals surface area contributed by atoms with E-state index >= 15 is 0 Å². The van der Waals surface area contributed by atoms with Gasteiger partial charge in [0.15, 0.2) is 5.65 Å². The monoisotopic (exact) mass is 204 g/mol. The summed E-state index contributed by atoms with van der Waals surface area (Å²) < 4.78 is 2.00. The van der Waals surface area contributed by atoms with Gasteiger partial charge in [-0.1, -0.05) is 6.92 Å². The third kappa shape index (κ3) is 1.46. The first-order valence-corrected chi connectivity index (χ1v) is 5.15. The molecule has 2 heterocycles. The number of hydrogen-bond acceptors (Lipinski definition) is 3. The minimum absolute atomic E-state index is 0.0484. The van der Waals surface area contributed by atoms with Crippen molar-refractivity contribution in [3.8, 4) is 0 Å². The molecule has 2 aromatic heterocycles. The first-order chi connectivity index (χ1) is 7.06. The summed E-state index contributed by atoms with van der Waals surface area (Å²) in [5.74, 6) is 0.538. The number of fused-ring (bicyclic) bond motifs is 1. The molecular formula is C11H16N4. The molecule has 0 spiro atoms. The van der Waals surface area contributed by atoms with Crippen molar-refractivity contribution in [3.63, 3.8) is 0 Å². The SMILES string of the molecule is CCC(C)(C)n1c(N)nc2cccnc21. The molecule has 0 bridgehead atoms. The van der Waals surface area contributed by atoms with Crippen LogP contribution in [-0.2, 0) is 5.54 Å². The Labute approximate surface area is 89.1 Å². The van der Waals surface area contributed by atoms with Crippen LogP contribution in [0.3, 0.4) is 0 Å². The molecule has 0 saturated heterocycles. The lowest BCUT2D eigenvalue weighted by atomic mass is 10.0. The fourth-order valence-electron chi connectivity index (χ4n) is 1.68. The predicted octanol–water partition coefficient (Wildman–Crippen LogP) is 2.16. The van der Waals surface area contributed by atoms with Crippen molar-refractivity contribution in [2.24, 2.45) is 0 Å². The van der Waals surface area contributed by atoms with Gasteiger partial charge < -0.3 is 5.73 Å². The van der Waals surface area contributed by atoms with Crippen LogP contribution in [0.1, 0.15) is 27.2 Å². The number of pyridine rings is 1. The van der Waals surface area contributed by atoms with Crippen LogP contribution in [0.25, 0.3) is 11.2 Å².